The molecule has 0 aliphatic carbocycles. The van der Waals surface area contributed by atoms with Gasteiger partial charge in [-0.1, -0.05) is 29.8 Å². The first-order valence-electron chi connectivity index (χ1n) is 8.39. The number of hydrogen-bond donors (Lipinski definition) is 2. The van der Waals surface area contributed by atoms with Crippen molar-refractivity contribution in [3.63, 3.8) is 0 Å². The molecule has 3 rings (SSSR count). The van der Waals surface area contributed by atoms with Crippen LogP contribution in [0.5, 0.6) is 0 Å². The molecule has 0 bridgehead atoms. The summed E-state index contributed by atoms with van der Waals surface area (Å²) in [5.41, 5.74) is 1.09. The minimum absolute atomic E-state index is 0.0417. The maximum atomic E-state index is 13.2. The number of hydrogen-bond acceptors (Lipinski definition) is 4. The molecule has 0 radical (unpaired) electrons. The number of para-hydroxylation sites is 1. The number of nitrogens with one attached hydrogen (secondary N) is 2. The zero-order valence-corrected chi connectivity index (χ0v) is 15.1. The summed E-state index contributed by atoms with van der Waals surface area (Å²) >= 11 is 0. The number of aryl methyl sites for hydroxylation is 2. The smallest absolute Gasteiger partial charge is 0.324 e. The van der Waals surface area contributed by atoms with Gasteiger partial charge < -0.3 is 10.6 Å². The van der Waals surface area contributed by atoms with Gasteiger partial charge in [-0.3, -0.25) is 4.79 Å². The summed E-state index contributed by atoms with van der Waals surface area (Å²) in [5.74, 6) is -0.577. The molecule has 1 heterocycles. The number of carbonyl (C=O) groups excluding carboxylic acids is 1. The summed E-state index contributed by atoms with van der Waals surface area (Å²) in [4.78, 5) is 20.6. The lowest BCUT2D eigenvalue weighted by atomic mass is 10.1. The Kier molecular flexibility index (Phi) is 5.30. The van der Waals surface area contributed by atoms with E-state index in [1.807, 2.05) is 19.1 Å². The molecule has 1 amide bonds. The van der Waals surface area contributed by atoms with Crippen LogP contribution in [-0.2, 0) is 6.18 Å². The average molecular weight is 386 g/mol. The molecule has 2 N–H and O–H groups in total. The van der Waals surface area contributed by atoms with Crippen LogP contribution >= 0.6 is 0 Å². The first-order chi connectivity index (χ1) is 13.2. The summed E-state index contributed by atoms with van der Waals surface area (Å²) < 4.78 is 39.5. The van der Waals surface area contributed by atoms with Crippen molar-refractivity contribution in [2.45, 2.75) is 20.0 Å². The zero-order chi connectivity index (χ0) is 20.3. The molecule has 5 nitrogen and oxygen atoms in total. The lowest BCUT2D eigenvalue weighted by molar-refractivity contribution is -0.136. The van der Waals surface area contributed by atoms with Gasteiger partial charge in [0.1, 0.15) is 5.69 Å². The van der Waals surface area contributed by atoms with Gasteiger partial charge in [0.05, 0.1) is 11.3 Å². The SMILES string of the molecule is Cc1ccc(NC(=O)c2cc(C)nc(Nc3ccccc3C(F)(F)F)n2)cc1. The number of rotatable bonds is 4. The first-order valence-corrected chi connectivity index (χ1v) is 8.39. The Hall–Kier alpha value is -3.42. The molecule has 8 heteroatoms. The normalized spacial score (nSPS) is 11.2. The summed E-state index contributed by atoms with van der Waals surface area (Å²) in [6, 6.07) is 13.7. The van der Waals surface area contributed by atoms with Crippen LogP contribution in [0, 0.1) is 13.8 Å². The van der Waals surface area contributed by atoms with E-state index < -0.39 is 17.6 Å². The quantitative estimate of drug-likeness (QED) is 0.654. The lowest BCUT2D eigenvalue weighted by Crippen LogP contribution is -2.16. The van der Waals surface area contributed by atoms with Crippen molar-refractivity contribution >= 4 is 23.2 Å². The van der Waals surface area contributed by atoms with Gasteiger partial charge >= 0.3 is 6.18 Å². The largest absolute Gasteiger partial charge is 0.418 e. The molecule has 2 aromatic carbocycles. The van der Waals surface area contributed by atoms with Crippen LogP contribution in [-0.4, -0.2) is 15.9 Å². The van der Waals surface area contributed by atoms with E-state index in [0.29, 0.717) is 11.4 Å². The van der Waals surface area contributed by atoms with E-state index in [0.717, 1.165) is 11.6 Å². The number of amides is 1. The van der Waals surface area contributed by atoms with Gasteiger partial charge in [-0.05, 0) is 44.2 Å². The average Bonchev–Trinajstić information content (AvgIpc) is 2.62. The van der Waals surface area contributed by atoms with E-state index in [-0.39, 0.29) is 17.3 Å². The number of nitrogens with zero attached hydrogens (tertiary/aromatic N) is 2. The second-order valence-electron chi connectivity index (χ2n) is 6.21. The van der Waals surface area contributed by atoms with Crippen molar-refractivity contribution in [3.8, 4) is 0 Å². The molecule has 144 valence electrons. The molecule has 0 saturated carbocycles. The molecular formula is C20H17F3N4O. The molecular weight excluding hydrogens is 369 g/mol. The molecule has 0 aliphatic heterocycles. The highest BCUT2D eigenvalue weighted by atomic mass is 19.4. The van der Waals surface area contributed by atoms with Crippen molar-refractivity contribution in [1.82, 2.24) is 9.97 Å². The molecule has 1 aromatic heterocycles. The standard InChI is InChI=1S/C20H17F3N4O/c1-12-7-9-14(10-8-12)25-18(28)17-11-13(2)24-19(27-17)26-16-6-4-3-5-15(16)20(21,22)23/h3-11H,1-2H3,(H,25,28)(H,24,26,27). The van der Waals surface area contributed by atoms with Crippen LogP contribution < -0.4 is 10.6 Å². The summed E-state index contributed by atoms with van der Waals surface area (Å²) in [7, 11) is 0. The highest BCUT2D eigenvalue weighted by Gasteiger charge is 2.33. The molecule has 0 fully saturated rings. The van der Waals surface area contributed by atoms with Crippen molar-refractivity contribution in [2.75, 3.05) is 10.6 Å². The van der Waals surface area contributed by atoms with Gasteiger partial charge in [0.15, 0.2) is 0 Å². The van der Waals surface area contributed by atoms with Gasteiger partial charge in [-0.25, -0.2) is 9.97 Å². The Labute approximate surface area is 159 Å². The van der Waals surface area contributed by atoms with E-state index >= 15 is 0 Å². The fourth-order valence-electron chi connectivity index (χ4n) is 2.53. The molecule has 3 aromatic rings. The fraction of sp³-hybridized carbons (Fsp3) is 0.150. The third-order valence-corrected chi connectivity index (χ3v) is 3.88. The van der Waals surface area contributed by atoms with Crippen molar-refractivity contribution in [3.05, 3.63) is 77.1 Å². The van der Waals surface area contributed by atoms with Crippen molar-refractivity contribution in [2.24, 2.45) is 0 Å². The third kappa shape index (κ3) is 4.64. The Morgan fingerprint density at radius 1 is 0.964 bits per heavy atom. The minimum Gasteiger partial charge on any atom is -0.324 e. The van der Waals surface area contributed by atoms with Crippen LogP contribution in [0.2, 0.25) is 0 Å². The second kappa shape index (κ2) is 7.67. The molecule has 0 unspecified atom stereocenters. The number of aromatic nitrogens is 2. The molecule has 28 heavy (non-hydrogen) atoms. The predicted octanol–water partition coefficient (Wildman–Crippen LogP) is 5.11. The topological polar surface area (TPSA) is 66.9 Å². The van der Waals surface area contributed by atoms with Crippen LogP contribution in [0.4, 0.5) is 30.5 Å². The van der Waals surface area contributed by atoms with Crippen LogP contribution in [0.1, 0.15) is 27.3 Å². The number of alkyl halides is 3. The zero-order valence-electron chi connectivity index (χ0n) is 15.1. The maximum Gasteiger partial charge on any atom is 0.418 e. The number of anilines is 3. The van der Waals surface area contributed by atoms with E-state index in [2.05, 4.69) is 20.6 Å². The number of halogens is 3. The Bertz CT molecular complexity index is 1000. The van der Waals surface area contributed by atoms with Crippen molar-refractivity contribution in [1.29, 1.82) is 0 Å². The van der Waals surface area contributed by atoms with E-state index in [1.165, 1.54) is 24.3 Å². The van der Waals surface area contributed by atoms with Crippen LogP contribution in [0.25, 0.3) is 0 Å². The summed E-state index contributed by atoms with van der Waals surface area (Å²) in [6.07, 6.45) is -4.53. The highest BCUT2D eigenvalue weighted by Crippen LogP contribution is 2.35. The minimum atomic E-state index is -4.53. The van der Waals surface area contributed by atoms with Gasteiger partial charge in [0.2, 0.25) is 5.95 Å². The molecule has 0 spiro atoms. The second-order valence-corrected chi connectivity index (χ2v) is 6.21. The van der Waals surface area contributed by atoms with Gasteiger partial charge in [-0.2, -0.15) is 13.2 Å². The maximum absolute atomic E-state index is 13.2. The Morgan fingerprint density at radius 2 is 1.64 bits per heavy atom. The van der Waals surface area contributed by atoms with Crippen LogP contribution in [0.15, 0.2) is 54.6 Å². The summed E-state index contributed by atoms with van der Waals surface area (Å²) in [6.45, 7) is 3.56. The predicted molar refractivity (Wildman–Crippen MR) is 101 cm³/mol. The van der Waals surface area contributed by atoms with Gasteiger partial charge in [0, 0.05) is 11.4 Å². The molecule has 0 atom stereocenters. The number of carbonyl (C=O) groups is 1. The highest BCUT2D eigenvalue weighted by molar-refractivity contribution is 6.03. The lowest BCUT2D eigenvalue weighted by Gasteiger charge is -2.14. The van der Waals surface area contributed by atoms with Gasteiger partial charge in [0.25, 0.3) is 5.91 Å². The number of benzene rings is 2. The molecule has 0 aliphatic rings. The summed E-state index contributed by atoms with van der Waals surface area (Å²) in [5, 5.41) is 5.27. The van der Waals surface area contributed by atoms with E-state index in [1.54, 1.807) is 19.1 Å². The van der Waals surface area contributed by atoms with Crippen molar-refractivity contribution < 1.29 is 18.0 Å². The van der Waals surface area contributed by atoms with E-state index in [4.69, 9.17) is 0 Å². The van der Waals surface area contributed by atoms with Crippen LogP contribution in [0.3, 0.4) is 0 Å². The Balaban J connectivity index is 1.86. The van der Waals surface area contributed by atoms with E-state index in [9.17, 15) is 18.0 Å². The monoisotopic (exact) mass is 386 g/mol. The third-order valence-electron chi connectivity index (χ3n) is 3.88. The first kappa shape index (κ1) is 19.3. The molecule has 0 saturated heterocycles. The fourth-order valence-corrected chi connectivity index (χ4v) is 2.53. The van der Waals surface area contributed by atoms with Gasteiger partial charge in [-0.15, -0.1) is 0 Å². The Morgan fingerprint density at radius 3 is 2.32 bits per heavy atom.